The van der Waals surface area contributed by atoms with E-state index in [1.54, 1.807) is 18.2 Å². The lowest BCUT2D eigenvalue weighted by molar-refractivity contribution is 0.141. The van der Waals surface area contributed by atoms with Gasteiger partial charge in [0.1, 0.15) is 11.9 Å². The first-order valence-corrected chi connectivity index (χ1v) is 7.75. The van der Waals surface area contributed by atoms with Crippen molar-refractivity contribution in [2.75, 3.05) is 23.8 Å². The monoisotopic (exact) mass is 332 g/mol. The van der Waals surface area contributed by atoms with Crippen molar-refractivity contribution in [2.45, 2.75) is 12.5 Å². The second-order valence-electron chi connectivity index (χ2n) is 5.19. The van der Waals surface area contributed by atoms with Gasteiger partial charge in [0.2, 0.25) is 0 Å². The molecule has 1 aliphatic heterocycles. The Morgan fingerprint density at radius 3 is 2.61 bits per heavy atom. The van der Waals surface area contributed by atoms with Crippen LogP contribution in [0.15, 0.2) is 48.5 Å². The minimum atomic E-state index is -0.329. The molecule has 0 radical (unpaired) electrons. The van der Waals surface area contributed by atoms with E-state index >= 15 is 0 Å². The molecule has 23 heavy (non-hydrogen) atoms. The summed E-state index contributed by atoms with van der Waals surface area (Å²) in [7, 11) is 0. The highest BCUT2D eigenvalue weighted by atomic mass is 35.5. The SMILES string of the molecule is O=C(Nc1ccccc1)Nc1ccc(OC2CCOC2)c(Cl)c1. The third-order valence-corrected chi connectivity index (χ3v) is 3.70. The van der Waals surface area contributed by atoms with Crippen LogP contribution in [0.2, 0.25) is 5.02 Å². The average Bonchev–Trinajstić information content (AvgIpc) is 3.04. The van der Waals surface area contributed by atoms with Crippen molar-refractivity contribution in [1.82, 2.24) is 0 Å². The molecular weight excluding hydrogens is 316 g/mol. The first-order chi connectivity index (χ1) is 11.2. The van der Waals surface area contributed by atoms with Crippen molar-refractivity contribution < 1.29 is 14.3 Å². The second-order valence-corrected chi connectivity index (χ2v) is 5.60. The molecular formula is C17H17ClN2O3. The highest BCUT2D eigenvalue weighted by Crippen LogP contribution is 2.29. The summed E-state index contributed by atoms with van der Waals surface area (Å²) in [4.78, 5) is 11.9. The van der Waals surface area contributed by atoms with E-state index in [1.807, 2.05) is 30.3 Å². The minimum Gasteiger partial charge on any atom is -0.486 e. The van der Waals surface area contributed by atoms with Gasteiger partial charge in [-0.3, -0.25) is 0 Å². The number of benzene rings is 2. The fraction of sp³-hybridized carbons (Fsp3) is 0.235. The van der Waals surface area contributed by atoms with Crippen molar-refractivity contribution in [3.8, 4) is 5.75 Å². The van der Waals surface area contributed by atoms with E-state index in [9.17, 15) is 4.79 Å². The summed E-state index contributed by atoms with van der Waals surface area (Å²) in [5, 5.41) is 5.93. The summed E-state index contributed by atoms with van der Waals surface area (Å²) < 4.78 is 11.0. The van der Waals surface area contributed by atoms with Crippen LogP contribution in [0.1, 0.15) is 6.42 Å². The summed E-state index contributed by atoms with van der Waals surface area (Å²) >= 11 is 6.21. The lowest BCUT2D eigenvalue weighted by Crippen LogP contribution is -2.19. The predicted octanol–water partition coefficient (Wildman–Crippen LogP) is 4.15. The lowest BCUT2D eigenvalue weighted by Gasteiger charge is -2.14. The molecule has 2 N–H and O–H groups in total. The third kappa shape index (κ3) is 4.37. The van der Waals surface area contributed by atoms with Crippen molar-refractivity contribution in [1.29, 1.82) is 0 Å². The molecule has 3 rings (SSSR count). The Balaban J connectivity index is 1.59. The zero-order valence-corrected chi connectivity index (χ0v) is 13.2. The Labute approximate surface area is 139 Å². The molecule has 120 valence electrons. The smallest absolute Gasteiger partial charge is 0.323 e. The first-order valence-electron chi connectivity index (χ1n) is 7.38. The van der Waals surface area contributed by atoms with Crippen LogP contribution < -0.4 is 15.4 Å². The van der Waals surface area contributed by atoms with Gasteiger partial charge >= 0.3 is 6.03 Å². The number of ether oxygens (including phenoxy) is 2. The van der Waals surface area contributed by atoms with Gasteiger partial charge < -0.3 is 20.1 Å². The van der Waals surface area contributed by atoms with E-state index in [0.29, 0.717) is 29.7 Å². The molecule has 1 unspecified atom stereocenters. The van der Waals surface area contributed by atoms with Crippen LogP contribution in [0.3, 0.4) is 0 Å². The van der Waals surface area contributed by atoms with Crippen molar-refractivity contribution in [3.05, 3.63) is 53.6 Å². The number of nitrogens with one attached hydrogen (secondary N) is 2. The zero-order valence-electron chi connectivity index (χ0n) is 12.4. The lowest BCUT2D eigenvalue weighted by atomic mass is 10.2. The van der Waals surface area contributed by atoms with E-state index in [2.05, 4.69) is 10.6 Å². The van der Waals surface area contributed by atoms with Gasteiger partial charge in [0.25, 0.3) is 0 Å². The van der Waals surface area contributed by atoms with E-state index in [0.717, 1.165) is 12.1 Å². The van der Waals surface area contributed by atoms with Crippen molar-refractivity contribution in [2.24, 2.45) is 0 Å². The van der Waals surface area contributed by atoms with Crippen LogP contribution in [0.4, 0.5) is 16.2 Å². The quantitative estimate of drug-likeness (QED) is 0.884. The maximum atomic E-state index is 11.9. The molecule has 2 aromatic carbocycles. The van der Waals surface area contributed by atoms with Crippen LogP contribution in [0, 0.1) is 0 Å². The molecule has 6 heteroatoms. The Morgan fingerprint density at radius 2 is 1.91 bits per heavy atom. The predicted molar refractivity (Wildman–Crippen MR) is 90.4 cm³/mol. The Hall–Kier alpha value is -2.24. The Bertz CT molecular complexity index is 673. The Morgan fingerprint density at radius 1 is 1.13 bits per heavy atom. The van der Waals surface area contributed by atoms with Gasteiger partial charge in [-0.15, -0.1) is 0 Å². The number of anilines is 2. The fourth-order valence-corrected chi connectivity index (χ4v) is 2.50. The van der Waals surface area contributed by atoms with Crippen LogP contribution in [-0.4, -0.2) is 25.3 Å². The highest BCUT2D eigenvalue weighted by Gasteiger charge is 2.18. The number of hydrogen-bond donors (Lipinski definition) is 2. The molecule has 0 aromatic heterocycles. The third-order valence-electron chi connectivity index (χ3n) is 3.40. The highest BCUT2D eigenvalue weighted by molar-refractivity contribution is 6.32. The molecule has 1 fully saturated rings. The number of urea groups is 1. The number of rotatable bonds is 4. The van der Waals surface area contributed by atoms with E-state index in [-0.39, 0.29) is 12.1 Å². The molecule has 2 aromatic rings. The van der Waals surface area contributed by atoms with Gasteiger partial charge in [0.05, 0.1) is 18.2 Å². The number of amides is 2. The van der Waals surface area contributed by atoms with Crippen LogP contribution >= 0.6 is 11.6 Å². The second kappa shape index (κ2) is 7.35. The van der Waals surface area contributed by atoms with Crippen LogP contribution in [-0.2, 0) is 4.74 Å². The number of carbonyl (C=O) groups excluding carboxylic acids is 1. The molecule has 1 aliphatic rings. The van der Waals surface area contributed by atoms with E-state index in [4.69, 9.17) is 21.1 Å². The summed E-state index contributed by atoms with van der Waals surface area (Å²) in [6, 6.07) is 14.1. The Kier molecular flexibility index (Phi) is 5.00. The van der Waals surface area contributed by atoms with E-state index in [1.165, 1.54) is 0 Å². The summed E-state index contributed by atoms with van der Waals surface area (Å²) in [5.74, 6) is 0.594. The maximum Gasteiger partial charge on any atom is 0.323 e. The van der Waals surface area contributed by atoms with Gasteiger partial charge in [-0.05, 0) is 30.3 Å². The minimum absolute atomic E-state index is 0.0349. The van der Waals surface area contributed by atoms with Crippen molar-refractivity contribution >= 4 is 29.0 Å². The van der Waals surface area contributed by atoms with Gasteiger partial charge in [-0.2, -0.15) is 0 Å². The molecule has 1 atom stereocenters. The van der Waals surface area contributed by atoms with Gasteiger partial charge in [0.15, 0.2) is 0 Å². The normalized spacial score (nSPS) is 16.8. The van der Waals surface area contributed by atoms with Gasteiger partial charge in [-0.25, -0.2) is 4.79 Å². The average molecular weight is 333 g/mol. The summed E-state index contributed by atoms with van der Waals surface area (Å²) in [6.07, 6.45) is 0.892. The van der Waals surface area contributed by atoms with Gasteiger partial charge in [0, 0.05) is 17.8 Å². The van der Waals surface area contributed by atoms with Crippen LogP contribution in [0.5, 0.6) is 5.75 Å². The standard InChI is InChI=1S/C17H17ClN2O3/c18-15-10-13(6-7-16(15)23-14-8-9-22-11-14)20-17(21)19-12-4-2-1-3-5-12/h1-7,10,14H,8-9,11H2,(H2,19,20,21). The fourth-order valence-electron chi connectivity index (χ4n) is 2.27. The topological polar surface area (TPSA) is 59.6 Å². The molecule has 1 saturated heterocycles. The largest absolute Gasteiger partial charge is 0.486 e. The summed E-state index contributed by atoms with van der Waals surface area (Å²) in [5.41, 5.74) is 1.32. The molecule has 0 bridgehead atoms. The van der Waals surface area contributed by atoms with Gasteiger partial charge in [-0.1, -0.05) is 29.8 Å². The number of halogens is 1. The number of hydrogen-bond acceptors (Lipinski definition) is 3. The molecule has 2 amide bonds. The molecule has 1 heterocycles. The van der Waals surface area contributed by atoms with Crippen LogP contribution in [0.25, 0.3) is 0 Å². The number of para-hydroxylation sites is 1. The molecule has 0 spiro atoms. The maximum absolute atomic E-state index is 11.9. The zero-order chi connectivity index (χ0) is 16.1. The molecule has 0 saturated carbocycles. The number of carbonyl (C=O) groups is 1. The molecule has 5 nitrogen and oxygen atoms in total. The van der Waals surface area contributed by atoms with Crippen molar-refractivity contribution in [3.63, 3.8) is 0 Å². The molecule has 0 aliphatic carbocycles. The summed E-state index contributed by atoms with van der Waals surface area (Å²) in [6.45, 7) is 1.29. The van der Waals surface area contributed by atoms with E-state index < -0.39 is 0 Å². The first kappa shape index (κ1) is 15.6.